The molecular formula is C24H26BNO5. The number of hydrogen-bond donors (Lipinski definition) is 0. The van der Waals surface area contributed by atoms with Crippen LogP contribution in [0.4, 0.5) is 0 Å². The second-order valence-corrected chi connectivity index (χ2v) is 7.86. The Morgan fingerprint density at radius 1 is 0.935 bits per heavy atom. The summed E-state index contributed by atoms with van der Waals surface area (Å²) in [5, 5.41) is 0. The van der Waals surface area contributed by atoms with Gasteiger partial charge in [-0.2, -0.15) is 0 Å². The first-order valence-corrected chi connectivity index (χ1v) is 10.7. The predicted molar refractivity (Wildman–Crippen MR) is 118 cm³/mol. The third kappa shape index (κ3) is 6.06. The van der Waals surface area contributed by atoms with E-state index < -0.39 is 19.1 Å². The Morgan fingerprint density at radius 2 is 1.58 bits per heavy atom. The van der Waals surface area contributed by atoms with Crippen LogP contribution in [0.3, 0.4) is 0 Å². The quantitative estimate of drug-likeness (QED) is 0.670. The SMILES string of the molecule is O=C1CN(C2CCC[C@@H]2OCc2ccccc2)CC(=O)OB(/C=C/c2ccccc2)O1. The Labute approximate surface area is 182 Å². The van der Waals surface area contributed by atoms with E-state index in [0.29, 0.717) is 6.61 Å². The molecule has 0 radical (unpaired) electrons. The van der Waals surface area contributed by atoms with Gasteiger partial charge in [0.1, 0.15) is 0 Å². The summed E-state index contributed by atoms with van der Waals surface area (Å²) in [5.74, 6) is 0.759. The van der Waals surface area contributed by atoms with Crippen LogP contribution in [0.5, 0.6) is 0 Å². The minimum atomic E-state index is -1.02. The third-order valence-electron chi connectivity index (χ3n) is 5.60. The molecule has 0 bridgehead atoms. The van der Waals surface area contributed by atoms with Crippen LogP contribution in [0.1, 0.15) is 30.4 Å². The number of benzene rings is 2. The fraction of sp³-hybridized carbons (Fsp3) is 0.333. The lowest BCUT2D eigenvalue weighted by Gasteiger charge is -2.33. The summed E-state index contributed by atoms with van der Waals surface area (Å²) in [5.41, 5.74) is 2.04. The summed E-state index contributed by atoms with van der Waals surface area (Å²) in [4.78, 5) is 26.8. The van der Waals surface area contributed by atoms with E-state index in [0.717, 1.165) is 30.4 Å². The fourth-order valence-corrected chi connectivity index (χ4v) is 4.11. The minimum Gasteiger partial charge on any atom is -0.495 e. The van der Waals surface area contributed by atoms with Crippen molar-refractivity contribution in [2.45, 2.75) is 38.0 Å². The largest absolute Gasteiger partial charge is 0.628 e. The Morgan fingerprint density at radius 3 is 2.26 bits per heavy atom. The second kappa shape index (κ2) is 10.4. The number of carbonyl (C=O) groups excluding carboxylic acids is 2. The summed E-state index contributed by atoms with van der Waals surface area (Å²) >= 11 is 0. The maximum absolute atomic E-state index is 12.5. The number of ether oxygens (including phenoxy) is 1. The van der Waals surface area contributed by atoms with Crippen LogP contribution in [-0.2, 0) is 30.2 Å². The molecule has 0 spiro atoms. The molecular weight excluding hydrogens is 393 g/mol. The van der Waals surface area contributed by atoms with Crippen molar-refractivity contribution in [2.75, 3.05) is 13.1 Å². The first-order valence-electron chi connectivity index (χ1n) is 10.7. The maximum atomic E-state index is 12.5. The van der Waals surface area contributed by atoms with E-state index in [1.165, 1.54) is 0 Å². The Balaban J connectivity index is 1.36. The summed E-state index contributed by atoms with van der Waals surface area (Å²) in [6, 6.07) is 19.5. The lowest BCUT2D eigenvalue weighted by Crippen LogP contribution is -2.50. The smallest absolute Gasteiger partial charge is 0.495 e. The van der Waals surface area contributed by atoms with Crippen LogP contribution in [0.25, 0.3) is 6.08 Å². The normalized spacial score (nSPS) is 22.8. The highest BCUT2D eigenvalue weighted by Crippen LogP contribution is 2.28. The van der Waals surface area contributed by atoms with Crippen molar-refractivity contribution in [3.05, 3.63) is 77.8 Å². The monoisotopic (exact) mass is 419 g/mol. The Bertz CT molecular complexity index is 885. The summed E-state index contributed by atoms with van der Waals surface area (Å²) in [7, 11) is -1.02. The van der Waals surface area contributed by atoms with Gasteiger partial charge < -0.3 is 14.0 Å². The molecule has 31 heavy (non-hydrogen) atoms. The van der Waals surface area contributed by atoms with Crippen LogP contribution >= 0.6 is 0 Å². The molecule has 1 aliphatic carbocycles. The topological polar surface area (TPSA) is 65.1 Å². The zero-order chi connectivity index (χ0) is 21.5. The van der Waals surface area contributed by atoms with Crippen LogP contribution in [-0.4, -0.2) is 49.2 Å². The average molecular weight is 419 g/mol. The molecule has 1 aliphatic heterocycles. The first-order chi connectivity index (χ1) is 15.2. The van der Waals surface area contributed by atoms with Gasteiger partial charge in [-0.25, -0.2) is 0 Å². The van der Waals surface area contributed by atoms with E-state index in [2.05, 4.69) is 0 Å². The second-order valence-electron chi connectivity index (χ2n) is 7.86. The van der Waals surface area contributed by atoms with Gasteiger partial charge in [0.2, 0.25) is 0 Å². The van der Waals surface area contributed by atoms with Crippen molar-refractivity contribution in [1.82, 2.24) is 4.90 Å². The zero-order valence-corrected chi connectivity index (χ0v) is 17.4. The molecule has 1 heterocycles. The van der Waals surface area contributed by atoms with Gasteiger partial charge in [0.15, 0.2) is 0 Å². The zero-order valence-electron chi connectivity index (χ0n) is 17.4. The van der Waals surface area contributed by atoms with Crippen molar-refractivity contribution in [3.63, 3.8) is 0 Å². The van der Waals surface area contributed by atoms with Crippen molar-refractivity contribution in [2.24, 2.45) is 0 Å². The van der Waals surface area contributed by atoms with Crippen LogP contribution in [0.2, 0.25) is 0 Å². The van der Waals surface area contributed by atoms with Crippen molar-refractivity contribution < 1.29 is 23.6 Å². The molecule has 1 unspecified atom stereocenters. The van der Waals surface area contributed by atoms with Gasteiger partial charge in [0, 0.05) is 6.04 Å². The van der Waals surface area contributed by atoms with Crippen molar-refractivity contribution >= 4 is 25.1 Å². The van der Waals surface area contributed by atoms with E-state index in [-0.39, 0.29) is 25.2 Å². The predicted octanol–water partition coefficient (Wildman–Crippen LogP) is 3.27. The van der Waals surface area contributed by atoms with E-state index in [1.54, 1.807) is 12.1 Å². The van der Waals surface area contributed by atoms with Gasteiger partial charge in [-0.3, -0.25) is 14.5 Å². The minimum absolute atomic E-state index is 0.0137. The molecule has 0 aromatic heterocycles. The maximum Gasteiger partial charge on any atom is 0.628 e. The van der Waals surface area contributed by atoms with Crippen LogP contribution < -0.4 is 0 Å². The first kappa shape index (κ1) is 21.3. The molecule has 7 heteroatoms. The van der Waals surface area contributed by atoms with E-state index in [4.69, 9.17) is 14.0 Å². The number of nitrogens with zero attached hydrogens (tertiary/aromatic N) is 1. The molecule has 1 saturated heterocycles. The molecule has 2 aliphatic rings. The molecule has 0 amide bonds. The molecule has 1 saturated carbocycles. The standard InChI is InChI=1S/C24H26BNO5/c27-23-16-26(21-12-7-13-22(21)29-18-20-10-5-2-6-11-20)17-24(28)31-25(30-23)15-14-19-8-3-1-4-9-19/h1-6,8-11,14-15,21-22H,7,12-13,16-18H2/b15-14+/t21?,22-/m0/s1. The average Bonchev–Trinajstić information content (AvgIpc) is 3.24. The number of carbonyl (C=O) groups is 2. The summed E-state index contributed by atoms with van der Waals surface area (Å²) in [6.45, 7) is 0.596. The molecule has 2 fully saturated rings. The van der Waals surface area contributed by atoms with Gasteiger partial charge in [-0.15, -0.1) is 0 Å². The molecule has 6 nitrogen and oxygen atoms in total. The lowest BCUT2D eigenvalue weighted by atomic mass is 9.88. The molecule has 160 valence electrons. The van der Waals surface area contributed by atoms with Gasteiger partial charge >= 0.3 is 19.1 Å². The molecule has 2 aromatic carbocycles. The van der Waals surface area contributed by atoms with Gasteiger partial charge in [-0.05, 0) is 36.4 Å². The lowest BCUT2D eigenvalue weighted by molar-refractivity contribution is -0.148. The van der Waals surface area contributed by atoms with E-state index in [1.807, 2.05) is 65.6 Å². The fourth-order valence-electron chi connectivity index (χ4n) is 4.11. The van der Waals surface area contributed by atoms with E-state index >= 15 is 0 Å². The highest BCUT2D eigenvalue weighted by Gasteiger charge is 2.38. The van der Waals surface area contributed by atoms with Crippen molar-refractivity contribution in [1.29, 1.82) is 0 Å². The highest BCUT2D eigenvalue weighted by atomic mass is 16.6. The van der Waals surface area contributed by atoms with Crippen LogP contribution in [0.15, 0.2) is 66.6 Å². The number of rotatable bonds is 6. The summed E-state index contributed by atoms with van der Waals surface area (Å²) < 4.78 is 16.9. The van der Waals surface area contributed by atoms with E-state index in [9.17, 15) is 9.59 Å². The highest BCUT2D eigenvalue weighted by molar-refractivity contribution is 6.55. The van der Waals surface area contributed by atoms with Crippen LogP contribution in [0, 0.1) is 0 Å². The molecule has 0 N–H and O–H groups in total. The summed E-state index contributed by atoms with van der Waals surface area (Å²) in [6.07, 6.45) is 4.51. The van der Waals surface area contributed by atoms with Gasteiger partial charge in [0.05, 0.1) is 25.8 Å². The molecule has 4 rings (SSSR count). The van der Waals surface area contributed by atoms with Crippen molar-refractivity contribution in [3.8, 4) is 0 Å². The molecule has 2 aromatic rings. The van der Waals surface area contributed by atoms with Gasteiger partial charge in [0.25, 0.3) is 0 Å². The third-order valence-corrected chi connectivity index (χ3v) is 5.60. The Hall–Kier alpha value is -2.90. The number of hydrogen-bond acceptors (Lipinski definition) is 6. The Kier molecular flexibility index (Phi) is 7.17. The van der Waals surface area contributed by atoms with Gasteiger partial charge in [-0.1, -0.05) is 66.7 Å². The molecule has 2 atom stereocenters.